The minimum absolute atomic E-state index is 0.955. The molecule has 4 heteroatoms. The van der Waals surface area contributed by atoms with Gasteiger partial charge < -0.3 is 15.5 Å². The summed E-state index contributed by atoms with van der Waals surface area (Å²) in [7, 11) is 0. The molecule has 4 nitrogen and oxygen atoms in total. The van der Waals surface area contributed by atoms with Crippen molar-refractivity contribution >= 4 is 0 Å². The summed E-state index contributed by atoms with van der Waals surface area (Å²) < 4.78 is 0. The Bertz CT molecular complexity index is 309. The van der Waals surface area contributed by atoms with E-state index in [4.69, 9.17) is 0 Å². The van der Waals surface area contributed by atoms with Gasteiger partial charge in [-0.3, -0.25) is 4.98 Å². The number of piperazine rings is 1. The van der Waals surface area contributed by atoms with Crippen LogP contribution in [0.2, 0.25) is 0 Å². The van der Waals surface area contributed by atoms with E-state index in [0.717, 1.165) is 26.2 Å². The molecule has 0 unspecified atom stereocenters. The molecule has 18 heavy (non-hydrogen) atoms. The molecule has 2 rings (SSSR count). The summed E-state index contributed by atoms with van der Waals surface area (Å²) in [6, 6.07) is 4.13. The third kappa shape index (κ3) is 5.12. The first-order valence-corrected chi connectivity index (χ1v) is 6.98. The number of aromatic nitrogens is 1. The van der Waals surface area contributed by atoms with Crippen LogP contribution in [0.3, 0.4) is 0 Å². The van der Waals surface area contributed by atoms with E-state index >= 15 is 0 Å². The van der Waals surface area contributed by atoms with E-state index < -0.39 is 0 Å². The average Bonchev–Trinajstić information content (AvgIpc) is 2.45. The molecule has 1 saturated heterocycles. The van der Waals surface area contributed by atoms with E-state index in [0.29, 0.717) is 0 Å². The highest BCUT2D eigenvalue weighted by Crippen LogP contribution is 1.98. The summed E-state index contributed by atoms with van der Waals surface area (Å²) in [5.41, 5.74) is 1.31. The van der Waals surface area contributed by atoms with Gasteiger partial charge in [0.25, 0.3) is 0 Å². The third-order valence-electron chi connectivity index (χ3n) is 3.37. The molecule has 1 aromatic rings. The van der Waals surface area contributed by atoms with Crippen LogP contribution in [-0.4, -0.2) is 49.2 Å². The Morgan fingerprint density at radius 3 is 2.72 bits per heavy atom. The third-order valence-corrected chi connectivity index (χ3v) is 3.37. The van der Waals surface area contributed by atoms with Gasteiger partial charge in [0.2, 0.25) is 0 Å². The molecule has 0 saturated carbocycles. The van der Waals surface area contributed by atoms with E-state index in [1.54, 1.807) is 0 Å². The fourth-order valence-corrected chi connectivity index (χ4v) is 2.25. The Hall–Kier alpha value is -0.970. The molecule has 0 aliphatic carbocycles. The highest BCUT2D eigenvalue weighted by atomic mass is 15.2. The van der Waals surface area contributed by atoms with E-state index in [-0.39, 0.29) is 0 Å². The van der Waals surface area contributed by atoms with Crippen LogP contribution in [0.15, 0.2) is 24.5 Å². The van der Waals surface area contributed by atoms with Crippen LogP contribution in [0, 0.1) is 0 Å². The fourth-order valence-electron chi connectivity index (χ4n) is 2.25. The average molecular weight is 248 g/mol. The van der Waals surface area contributed by atoms with E-state index in [2.05, 4.69) is 32.7 Å². The molecule has 2 N–H and O–H groups in total. The molecule has 0 bridgehead atoms. The number of hydrogen-bond acceptors (Lipinski definition) is 4. The quantitative estimate of drug-likeness (QED) is 0.702. The van der Waals surface area contributed by atoms with Crippen molar-refractivity contribution in [1.82, 2.24) is 20.5 Å². The molecular formula is C14H24N4. The highest BCUT2D eigenvalue weighted by molar-refractivity contribution is 5.08. The van der Waals surface area contributed by atoms with Crippen LogP contribution in [0.4, 0.5) is 0 Å². The lowest BCUT2D eigenvalue weighted by Crippen LogP contribution is -2.43. The Morgan fingerprint density at radius 2 is 1.94 bits per heavy atom. The first-order valence-electron chi connectivity index (χ1n) is 6.98. The zero-order chi connectivity index (χ0) is 12.5. The smallest absolute Gasteiger partial charge is 0.0271 e. The Kier molecular flexibility index (Phi) is 6.12. The minimum Gasteiger partial charge on any atom is -0.314 e. The molecule has 1 fully saturated rings. The molecule has 1 aliphatic heterocycles. The van der Waals surface area contributed by atoms with Crippen molar-refractivity contribution in [2.24, 2.45) is 0 Å². The van der Waals surface area contributed by atoms with Crippen molar-refractivity contribution in [2.45, 2.75) is 19.4 Å². The van der Waals surface area contributed by atoms with Gasteiger partial charge in [-0.25, -0.2) is 0 Å². The second-order valence-electron chi connectivity index (χ2n) is 4.83. The number of hydrogen-bond donors (Lipinski definition) is 2. The van der Waals surface area contributed by atoms with Crippen molar-refractivity contribution in [1.29, 1.82) is 0 Å². The van der Waals surface area contributed by atoms with Gasteiger partial charge in [0.05, 0.1) is 0 Å². The summed E-state index contributed by atoms with van der Waals surface area (Å²) >= 11 is 0. The molecule has 0 spiro atoms. The van der Waals surface area contributed by atoms with Gasteiger partial charge in [0.15, 0.2) is 0 Å². The first-order chi connectivity index (χ1) is 8.95. The number of nitrogens with one attached hydrogen (secondary N) is 2. The number of pyridine rings is 1. The monoisotopic (exact) mass is 248 g/mol. The van der Waals surface area contributed by atoms with E-state index in [9.17, 15) is 0 Å². The standard InChI is InChI=1S/C14H24N4/c1(2-10-18-11-8-16-9-12-18)5-17-13-14-3-6-15-7-4-14/h3-4,6-7,16-17H,1-2,5,8-13H2. The van der Waals surface area contributed by atoms with Gasteiger partial charge in [0, 0.05) is 45.1 Å². The Balaban J connectivity index is 1.46. The maximum Gasteiger partial charge on any atom is 0.0271 e. The van der Waals surface area contributed by atoms with Gasteiger partial charge in [-0.1, -0.05) is 0 Å². The van der Waals surface area contributed by atoms with Gasteiger partial charge in [-0.15, -0.1) is 0 Å². The van der Waals surface area contributed by atoms with Crippen molar-refractivity contribution < 1.29 is 0 Å². The summed E-state index contributed by atoms with van der Waals surface area (Å²) in [5.74, 6) is 0. The zero-order valence-corrected chi connectivity index (χ0v) is 11.1. The van der Waals surface area contributed by atoms with Crippen LogP contribution in [-0.2, 0) is 6.54 Å². The molecule has 2 heterocycles. The Labute approximate surface area is 110 Å². The number of rotatable bonds is 7. The zero-order valence-electron chi connectivity index (χ0n) is 11.1. The van der Waals surface area contributed by atoms with Crippen LogP contribution in [0.1, 0.15) is 18.4 Å². The van der Waals surface area contributed by atoms with E-state index in [1.165, 1.54) is 38.0 Å². The van der Waals surface area contributed by atoms with Crippen LogP contribution >= 0.6 is 0 Å². The largest absolute Gasteiger partial charge is 0.314 e. The molecule has 0 amide bonds. The maximum absolute atomic E-state index is 4.02. The van der Waals surface area contributed by atoms with Crippen molar-refractivity contribution in [3.05, 3.63) is 30.1 Å². The van der Waals surface area contributed by atoms with Crippen molar-refractivity contribution in [2.75, 3.05) is 39.3 Å². The maximum atomic E-state index is 4.02. The normalized spacial score (nSPS) is 16.9. The first kappa shape index (κ1) is 13.5. The van der Waals surface area contributed by atoms with Crippen molar-refractivity contribution in [3.8, 4) is 0 Å². The molecule has 1 aromatic heterocycles. The molecule has 0 atom stereocenters. The van der Waals surface area contributed by atoms with Crippen LogP contribution in [0.25, 0.3) is 0 Å². The predicted molar refractivity (Wildman–Crippen MR) is 74.5 cm³/mol. The number of unbranched alkanes of at least 4 members (excludes halogenated alkanes) is 1. The lowest BCUT2D eigenvalue weighted by Gasteiger charge is -2.27. The second-order valence-corrected chi connectivity index (χ2v) is 4.83. The predicted octanol–water partition coefficient (Wildman–Crippen LogP) is 0.857. The molecule has 100 valence electrons. The Morgan fingerprint density at radius 1 is 1.17 bits per heavy atom. The molecule has 0 radical (unpaired) electrons. The van der Waals surface area contributed by atoms with Gasteiger partial charge in [-0.05, 0) is 43.6 Å². The topological polar surface area (TPSA) is 40.2 Å². The van der Waals surface area contributed by atoms with Gasteiger partial charge in [0.1, 0.15) is 0 Å². The second kappa shape index (κ2) is 8.19. The van der Waals surface area contributed by atoms with Gasteiger partial charge in [-0.2, -0.15) is 0 Å². The summed E-state index contributed by atoms with van der Waals surface area (Å²) in [6.07, 6.45) is 6.25. The number of nitrogens with zero attached hydrogens (tertiary/aromatic N) is 2. The fraction of sp³-hybridized carbons (Fsp3) is 0.643. The molecular weight excluding hydrogens is 224 g/mol. The van der Waals surface area contributed by atoms with Crippen LogP contribution in [0.5, 0.6) is 0 Å². The minimum atomic E-state index is 0.955. The van der Waals surface area contributed by atoms with Gasteiger partial charge >= 0.3 is 0 Å². The lowest BCUT2D eigenvalue weighted by molar-refractivity contribution is 0.236. The summed E-state index contributed by atoms with van der Waals surface area (Å²) in [5, 5.41) is 6.87. The lowest BCUT2D eigenvalue weighted by atomic mass is 10.2. The SMILES string of the molecule is c1cc(CNCCCCN2CCNCC2)ccn1. The summed E-state index contributed by atoms with van der Waals surface area (Å²) in [4.78, 5) is 6.57. The highest BCUT2D eigenvalue weighted by Gasteiger charge is 2.07. The summed E-state index contributed by atoms with van der Waals surface area (Å²) in [6.45, 7) is 8.04. The van der Waals surface area contributed by atoms with E-state index in [1.807, 2.05) is 12.4 Å². The van der Waals surface area contributed by atoms with Crippen LogP contribution < -0.4 is 10.6 Å². The van der Waals surface area contributed by atoms with Crippen molar-refractivity contribution in [3.63, 3.8) is 0 Å². The molecule has 1 aliphatic rings. The molecule has 0 aromatic carbocycles.